The van der Waals surface area contributed by atoms with Gasteiger partial charge in [0.1, 0.15) is 5.75 Å². The van der Waals surface area contributed by atoms with Crippen molar-refractivity contribution in [3.8, 4) is 5.75 Å². The fourth-order valence-corrected chi connectivity index (χ4v) is 2.31. The first-order valence-electron chi connectivity index (χ1n) is 5.95. The van der Waals surface area contributed by atoms with Gasteiger partial charge in [-0.1, -0.05) is 53.5 Å². The average molecular weight is 307 g/mol. The minimum atomic E-state index is -0.309. The van der Waals surface area contributed by atoms with E-state index in [1.165, 1.54) is 12.1 Å². The Morgan fingerprint density at radius 1 is 1.15 bits per heavy atom. The Bertz CT molecular complexity index is 676. The van der Waals surface area contributed by atoms with E-state index in [2.05, 4.69) is 0 Å². The molecule has 2 nitrogen and oxygen atoms in total. The number of halogens is 2. The Morgan fingerprint density at radius 3 is 2.45 bits per heavy atom. The van der Waals surface area contributed by atoms with Crippen LogP contribution in [0.5, 0.6) is 5.75 Å². The topological polar surface area (TPSA) is 37.3 Å². The predicted molar refractivity (Wildman–Crippen MR) is 82.6 cm³/mol. The van der Waals surface area contributed by atoms with Gasteiger partial charge in [-0.05, 0) is 36.3 Å². The molecule has 0 aliphatic heterocycles. The molecule has 0 fully saturated rings. The van der Waals surface area contributed by atoms with Crippen molar-refractivity contribution in [3.63, 3.8) is 0 Å². The van der Waals surface area contributed by atoms with Crippen LogP contribution in [-0.4, -0.2) is 10.9 Å². The highest BCUT2D eigenvalue weighted by Gasteiger charge is 2.16. The van der Waals surface area contributed by atoms with E-state index in [0.717, 1.165) is 5.56 Å². The van der Waals surface area contributed by atoms with Gasteiger partial charge < -0.3 is 5.11 Å². The summed E-state index contributed by atoms with van der Waals surface area (Å²) >= 11 is 11.7. The van der Waals surface area contributed by atoms with Crippen LogP contribution in [0.3, 0.4) is 0 Å². The Labute approximate surface area is 127 Å². The third-order valence-electron chi connectivity index (χ3n) is 2.81. The van der Waals surface area contributed by atoms with Crippen molar-refractivity contribution in [2.75, 3.05) is 0 Å². The highest BCUT2D eigenvalue weighted by atomic mass is 35.5. The van der Waals surface area contributed by atoms with E-state index >= 15 is 0 Å². The van der Waals surface area contributed by atoms with Crippen LogP contribution < -0.4 is 0 Å². The van der Waals surface area contributed by atoms with Crippen molar-refractivity contribution in [2.45, 2.75) is 6.92 Å². The highest BCUT2D eigenvalue weighted by Crippen LogP contribution is 2.32. The summed E-state index contributed by atoms with van der Waals surface area (Å²) in [6.07, 6.45) is 1.75. The molecule has 0 radical (unpaired) electrons. The highest BCUT2D eigenvalue weighted by molar-refractivity contribution is 6.36. The Balaban J connectivity index is 2.39. The molecule has 0 bridgehead atoms. The summed E-state index contributed by atoms with van der Waals surface area (Å²) < 4.78 is 0. The Kier molecular flexibility index (Phi) is 4.48. The van der Waals surface area contributed by atoms with E-state index in [1.807, 2.05) is 30.3 Å². The van der Waals surface area contributed by atoms with Crippen LogP contribution >= 0.6 is 23.2 Å². The summed E-state index contributed by atoms with van der Waals surface area (Å²) in [5.74, 6) is -0.558. The van der Waals surface area contributed by atoms with Gasteiger partial charge in [0.25, 0.3) is 0 Å². The zero-order chi connectivity index (χ0) is 14.7. The average Bonchev–Trinajstić information content (AvgIpc) is 2.43. The lowest BCUT2D eigenvalue weighted by Gasteiger charge is -2.07. The lowest BCUT2D eigenvalue weighted by atomic mass is 10.0. The van der Waals surface area contributed by atoms with Crippen LogP contribution in [0.25, 0.3) is 6.08 Å². The number of phenols is 1. The number of carbonyl (C=O) groups is 1. The summed E-state index contributed by atoms with van der Waals surface area (Å²) in [6.45, 7) is 1.68. The van der Waals surface area contributed by atoms with Crippen LogP contribution in [0.2, 0.25) is 10.0 Å². The molecule has 0 saturated carbocycles. The monoisotopic (exact) mass is 306 g/mol. The molecule has 0 unspecified atom stereocenters. The number of Topliss-reactive ketones (excluding diaryl/α,β-unsaturated/α-hetero) is 1. The molecule has 0 aromatic heterocycles. The van der Waals surface area contributed by atoms with Crippen molar-refractivity contribution in [2.24, 2.45) is 0 Å². The second kappa shape index (κ2) is 6.12. The number of ketones is 1. The lowest BCUT2D eigenvalue weighted by Crippen LogP contribution is -2.01. The summed E-state index contributed by atoms with van der Waals surface area (Å²) in [7, 11) is 0. The molecule has 20 heavy (non-hydrogen) atoms. The number of aromatic hydroxyl groups is 1. The van der Waals surface area contributed by atoms with Crippen LogP contribution in [0.1, 0.15) is 22.8 Å². The van der Waals surface area contributed by atoms with Gasteiger partial charge in [0.2, 0.25) is 0 Å². The molecule has 0 spiro atoms. The molecule has 2 aromatic carbocycles. The van der Waals surface area contributed by atoms with E-state index in [0.29, 0.717) is 10.6 Å². The van der Waals surface area contributed by atoms with Crippen molar-refractivity contribution >= 4 is 35.1 Å². The van der Waals surface area contributed by atoms with Gasteiger partial charge in [0.15, 0.2) is 5.78 Å². The predicted octanol–water partition coefficient (Wildman–Crippen LogP) is 4.99. The summed E-state index contributed by atoms with van der Waals surface area (Å²) in [6, 6.07) is 12.3. The fraction of sp³-hybridized carbons (Fsp3) is 0.0625. The minimum Gasteiger partial charge on any atom is -0.506 e. The molecule has 0 aliphatic rings. The first kappa shape index (κ1) is 14.6. The van der Waals surface area contributed by atoms with Crippen molar-refractivity contribution in [1.82, 2.24) is 0 Å². The fourth-order valence-electron chi connectivity index (χ4n) is 1.82. The zero-order valence-corrected chi connectivity index (χ0v) is 12.2. The first-order valence-corrected chi connectivity index (χ1v) is 6.70. The normalized spacial score (nSPS) is 11.4. The Hall–Kier alpha value is -1.77. The molecule has 4 heteroatoms. The molecule has 0 saturated heterocycles. The van der Waals surface area contributed by atoms with Crippen LogP contribution in [-0.2, 0) is 0 Å². The third kappa shape index (κ3) is 3.21. The number of phenolic OH excluding ortho intramolecular Hbond substituents is 1. The lowest BCUT2D eigenvalue weighted by molar-refractivity contribution is 0.103. The molecule has 102 valence electrons. The van der Waals surface area contributed by atoms with Gasteiger partial charge in [0, 0.05) is 5.02 Å². The van der Waals surface area contributed by atoms with Gasteiger partial charge in [-0.15, -0.1) is 0 Å². The minimum absolute atomic E-state index is 0.0633. The van der Waals surface area contributed by atoms with Crippen LogP contribution in [0, 0.1) is 0 Å². The number of benzene rings is 2. The maximum Gasteiger partial charge on any atom is 0.192 e. The van der Waals surface area contributed by atoms with Crippen molar-refractivity contribution in [1.29, 1.82) is 0 Å². The van der Waals surface area contributed by atoms with Gasteiger partial charge in [0.05, 0.1) is 10.6 Å². The van der Waals surface area contributed by atoms with Crippen molar-refractivity contribution in [3.05, 3.63) is 69.2 Å². The molecule has 0 amide bonds. The second-order valence-electron chi connectivity index (χ2n) is 4.35. The van der Waals surface area contributed by atoms with E-state index in [-0.39, 0.29) is 22.1 Å². The quantitative estimate of drug-likeness (QED) is 0.641. The number of hydrogen-bond donors (Lipinski definition) is 1. The molecular weight excluding hydrogens is 295 g/mol. The molecule has 0 atom stereocenters. The van der Waals surface area contributed by atoms with E-state index in [4.69, 9.17) is 23.2 Å². The van der Waals surface area contributed by atoms with Gasteiger partial charge >= 0.3 is 0 Å². The number of carbonyl (C=O) groups excluding carboxylic acids is 1. The van der Waals surface area contributed by atoms with Gasteiger partial charge in [-0.3, -0.25) is 4.79 Å². The molecule has 2 rings (SSSR count). The van der Waals surface area contributed by atoms with Crippen LogP contribution in [0.4, 0.5) is 0 Å². The Morgan fingerprint density at radius 2 is 1.80 bits per heavy atom. The van der Waals surface area contributed by atoms with E-state index < -0.39 is 0 Å². The molecule has 0 heterocycles. The number of rotatable bonds is 3. The van der Waals surface area contributed by atoms with E-state index in [9.17, 15) is 9.90 Å². The molecule has 2 aromatic rings. The summed E-state index contributed by atoms with van der Waals surface area (Å²) in [5.41, 5.74) is 1.50. The molecule has 0 aliphatic carbocycles. The standard InChI is InChI=1S/C16H12Cl2O2/c1-10(7-11-5-3-2-4-6-11)15(19)13-8-12(17)9-14(18)16(13)20/h2-9,20H,1H3. The number of allylic oxidation sites excluding steroid dienone is 1. The molecular formula is C16H12Cl2O2. The van der Waals surface area contributed by atoms with Gasteiger partial charge in [-0.2, -0.15) is 0 Å². The summed E-state index contributed by atoms with van der Waals surface area (Å²) in [4.78, 5) is 12.3. The maximum atomic E-state index is 12.3. The second-order valence-corrected chi connectivity index (χ2v) is 5.19. The maximum absolute atomic E-state index is 12.3. The third-order valence-corrected chi connectivity index (χ3v) is 3.32. The molecule has 1 N–H and O–H groups in total. The van der Waals surface area contributed by atoms with Crippen LogP contribution in [0.15, 0.2) is 48.0 Å². The van der Waals surface area contributed by atoms with Crippen molar-refractivity contribution < 1.29 is 9.90 Å². The SMILES string of the molecule is CC(=Cc1ccccc1)C(=O)c1cc(Cl)cc(Cl)c1O. The van der Waals surface area contributed by atoms with E-state index in [1.54, 1.807) is 13.0 Å². The van der Waals surface area contributed by atoms with Gasteiger partial charge in [-0.25, -0.2) is 0 Å². The zero-order valence-electron chi connectivity index (χ0n) is 10.7. The smallest absolute Gasteiger partial charge is 0.192 e. The first-order chi connectivity index (χ1) is 9.49. The largest absolute Gasteiger partial charge is 0.506 e. The summed E-state index contributed by atoms with van der Waals surface area (Å²) in [5, 5.41) is 10.2. The number of hydrogen-bond acceptors (Lipinski definition) is 2.